The topological polar surface area (TPSA) is 27.7 Å². The van der Waals surface area contributed by atoms with E-state index in [2.05, 4.69) is 36.0 Å². The third-order valence-electron chi connectivity index (χ3n) is 5.30. The van der Waals surface area contributed by atoms with Gasteiger partial charge in [0.1, 0.15) is 0 Å². The number of rotatable bonds is 8. The van der Waals surface area contributed by atoms with E-state index in [0.29, 0.717) is 12.0 Å². The molecular weight excluding hydrogens is 262 g/mol. The molecule has 2 saturated heterocycles. The van der Waals surface area contributed by atoms with Gasteiger partial charge in [0.15, 0.2) is 0 Å². The van der Waals surface area contributed by atoms with Gasteiger partial charge >= 0.3 is 0 Å². The molecule has 2 rings (SSSR count). The summed E-state index contributed by atoms with van der Waals surface area (Å²) in [5.41, 5.74) is 0. The molecule has 21 heavy (non-hydrogen) atoms. The molecule has 2 heterocycles. The number of nitrogens with one attached hydrogen (secondary N) is 1. The summed E-state index contributed by atoms with van der Waals surface area (Å²) in [5.74, 6) is 0.703. The fraction of sp³-hybridized carbons (Fsp3) is 1.00. The zero-order valence-corrected chi connectivity index (χ0v) is 14.3. The minimum Gasteiger partial charge on any atom is -0.381 e. The molecular formula is C17H35N3O. The predicted octanol–water partition coefficient (Wildman–Crippen LogP) is 1.81. The molecule has 4 nitrogen and oxygen atoms in total. The maximum absolute atomic E-state index is 5.61. The number of ether oxygens (including phenoxy) is 1. The van der Waals surface area contributed by atoms with Gasteiger partial charge < -0.3 is 19.9 Å². The van der Waals surface area contributed by atoms with Crippen molar-refractivity contribution in [2.75, 3.05) is 53.0 Å². The van der Waals surface area contributed by atoms with Crippen LogP contribution in [0.3, 0.4) is 0 Å². The van der Waals surface area contributed by atoms with Gasteiger partial charge in [0, 0.05) is 31.2 Å². The van der Waals surface area contributed by atoms with Gasteiger partial charge in [-0.05, 0) is 58.9 Å². The van der Waals surface area contributed by atoms with Gasteiger partial charge in [0.25, 0.3) is 0 Å². The fourth-order valence-electron chi connectivity index (χ4n) is 3.72. The second kappa shape index (κ2) is 9.09. The molecule has 0 spiro atoms. The van der Waals surface area contributed by atoms with Crippen molar-refractivity contribution in [3.05, 3.63) is 0 Å². The van der Waals surface area contributed by atoms with Gasteiger partial charge in [0.2, 0.25) is 0 Å². The van der Waals surface area contributed by atoms with Gasteiger partial charge in [-0.25, -0.2) is 0 Å². The van der Waals surface area contributed by atoms with E-state index in [1.54, 1.807) is 0 Å². The highest BCUT2D eigenvalue weighted by Crippen LogP contribution is 2.20. The highest BCUT2D eigenvalue weighted by atomic mass is 16.5. The van der Waals surface area contributed by atoms with Crippen LogP contribution in [-0.4, -0.2) is 74.9 Å². The fourth-order valence-corrected chi connectivity index (χ4v) is 3.72. The van der Waals surface area contributed by atoms with E-state index in [9.17, 15) is 0 Å². The van der Waals surface area contributed by atoms with E-state index in [1.165, 1.54) is 51.9 Å². The molecule has 2 aliphatic heterocycles. The Balaban J connectivity index is 1.80. The van der Waals surface area contributed by atoms with Crippen molar-refractivity contribution < 1.29 is 4.74 Å². The number of hydrogen-bond donors (Lipinski definition) is 1. The van der Waals surface area contributed by atoms with E-state index >= 15 is 0 Å². The van der Waals surface area contributed by atoms with Crippen molar-refractivity contribution in [1.82, 2.24) is 15.1 Å². The number of piperidine rings is 1. The van der Waals surface area contributed by atoms with Crippen LogP contribution in [0.15, 0.2) is 0 Å². The number of nitrogens with zero attached hydrogens (tertiary/aromatic N) is 2. The van der Waals surface area contributed by atoms with Gasteiger partial charge in [-0.1, -0.05) is 13.8 Å². The highest BCUT2D eigenvalue weighted by Gasteiger charge is 2.29. The molecule has 0 bridgehead atoms. The number of likely N-dealkylation sites (N-methyl/N-ethyl adjacent to an activating group) is 1. The monoisotopic (exact) mass is 297 g/mol. The second-order valence-electron chi connectivity index (χ2n) is 6.79. The van der Waals surface area contributed by atoms with Crippen LogP contribution in [-0.2, 0) is 4.74 Å². The van der Waals surface area contributed by atoms with Crippen molar-refractivity contribution in [2.24, 2.45) is 5.92 Å². The summed E-state index contributed by atoms with van der Waals surface area (Å²) in [6.45, 7) is 12.5. The van der Waals surface area contributed by atoms with Crippen molar-refractivity contribution >= 4 is 0 Å². The Morgan fingerprint density at radius 2 is 2.00 bits per heavy atom. The first-order valence-electron chi connectivity index (χ1n) is 8.98. The molecule has 124 valence electrons. The first kappa shape index (κ1) is 17.2. The van der Waals surface area contributed by atoms with Crippen molar-refractivity contribution in [2.45, 2.75) is 51.6 Å². The molecule has 2 fully saturated rings. The summed E-state index contributed by atoms with van der Waals surface area (Å²) in [5, 5.41) is 3.77. The third kappa shape index (κ3) is 5.20. The summed E-state index contributed by atoms with van der Waals surface area (Å²) in [6, 6.07) is 1.36. The Morgan fingerprint density at radius 1 is 1.24 bits per heavy atom. The van der Waals surface area contributed by atoms with Crippen molar-refractivity contribution in [1.29, 1.82) is 0 Å². The lowest BCUT2D eigenvalue weighted by Crippen LogP contribution is -2.50. The van der Waals surface area contributed by atoms with Crippen LogP contribution in [0.1, 0.15) is 39.5 Å². The van der Waals surface area contributed by atoms with Crippen LogP contribution < -0.4 is 5.32 Å². The Kier molecular flexibility index (Phi) is 7.44. The maximum atomic E-state index is 5.61. The molecule has 0 aromatic carbocycles. The molecule has 4 heteroatoms. The van der Waals surface area contributed by atoms with E-state index in [4.69, 9.17) is 4.74 Å². The first-order valence-corrected chi connectivity index (χ1v) is 8.98. The molecule has 0 aromatic heterocycles. The molecule has 0 amide bonds. The standard InChI is InChI=1S/C17H35N3O/c1-4-9-18-17(15-8-12-21-14-15)13-19(3)16-6-10-20(5-2)11-7-16/h15-18H,4-14H2,1-3H3. The van der Waals surface area contributed by atoms with Gasteiger partial charge in [-0.3, -0.25) is 0 Å². The lowest BCUT2D eigenvalue weighted by atomic mass is 9.96. The zero-order chi connectivity index (χ0) is 15.1. The lowest BCUT2D eigenvalue weighted by molar-refractivity contribution is 0.110. The van der Waals surface area contributed by atoms with Crippen LogP contribution in [0.4, 0.5) is 0 Å². The summed E-state index contributed by atoms with van der Waals surface area (Å²) in [7, 11) is 2.32. The first-order chi connectivity index (χ1) is 10.2. The minimum atomic E-state index is 0.599. The van der Waals surface area contributed by atoms with Crippen LogP contribution in [0, 0.1) is 5.92 Å². The van der Waals surface area contributed by atoms with E-state index in [-0.39, 0.29) is 0 Å². The predicted molar refractivity (Wildman–Crippen MR) is 88.8 cm³/mol. The van der Waals surface area contributed by atoms with Crippen LogP contribution >= 0.6 is 0 Å². The van der Waals surface area contributed by atoms with Crippen LogP contribution in [0.2, 0.25) is 0 Å². The molecule has 0 aliphatic carbocycles. The average molecular weight is 297 g/mol. The van der Waals surface area contributed by atoms with Gasteiger partial charge in [0.05, 0.1) is 6.61 Å². The van der Waals surface area contributed by atoms with E-state index < -0.39 is 0 Å². The van der Waals surface area contributed by atoms with Crippen LogP contribution in [0.25, 0.3) is 0 Å². The number of likely N-dealkylation sites (tertiary alicyclic amines) is 1. The molecule has 0 aromatic rings. The zero-order valence-electron chi connectivity index (χ0n) is 14.3. The van der Waals surface area contributed by atoms with E-state index in [0.717, 1.165) is 25.8 Å². The molecule has 1 N–H and O–H groups in total. The SMILES string of the molecule is CCCNC(CN(C)C1CCN(CC)CC1)C1CCOC1. The molecule has 2 atom stereocenters. The number of hydrogen-bond acceptors (Lipinski definition) is 4. The molecule has 0 radical (unpaired) electrons. The maximum Gasteiger partial charge on any atom is 0.0510 e. The van der Waals surface area contributed by atoms with E-state index in [1.807, 2.05) is 0 Å². The Labute approximate surface area is 131 Å². The Hall–Kier alpha value is -0.160. The summed E-state index contributed by atoms with van der Waals surface area (Å²) < 4.78 is 5.61. The summed E-state index contributed by atoms with van der Waals surface area (Å²) in [4.78, 5) is 5.18. The smallest absolute Gasteiger partial charge is 0.0510 e. The quantitative estimate of drug-likeness (QED) is 0.739. The summed E-state index contributed by atoms with van der Waals surface area (Å²) >= 11 is 0. The average Bonchev–Trinajstić information content (AvgIpc) is 3.05. The van der Waals surface area contributed by atoms with Crippen LogP contribution in [0.5, 0.6) is 0 Å². The molecule has 2 unspecified atom stereocenters. The largest absolute Gasteiger partial charge is 0.381 e. The van der Waals surface area contributed by atoms with Crippen molar-refractivity contribution in [3.63, 3.8) is 0 Å². The molecule has 2 aliphatic rings. The molecule has 0 saturated carbocycles. The second-order valence-corrected chi connectivity index (χ2v) is 6.79. The Morgan fingerprint density at radius 3 is 2.57 bits per heavy atom. The normalized spacial score (nSPS) is 26.6. The van der Waals surface area contributed by atoms with Gasteiger partial charge in [-0.2, -0.15) is 0 Å². The minimum absolute atomic E-state index is 0.599. The van der Waals surface area contributed by atoms with Gasteiger partial charge in [-0.15, -0.1) is 0 Å². The Bertz CT molecular complexity index is 273. The summed E-state index contributed by atoms with van der Waals surface area (Å²) in [6.07, 6.45) is 5.09. The lowest BCUT2D eigenvalue weighted by Gasteiger charge is -2.38. The third-order valence-corrected chi connectivity index (χ3v) is 5.30. The van der Waals surface area contributed by atoms with Crippen molar-refractivity contribution in [3.8, 4) is 0 Å². The highest BCUT2D eigenvalue weighted by molar-refractivity contribution is 4.85.